The Hall–Kier alpha value is -0.910. The predicted octanol–water partition coefficient (Wildman–Crippen LogP) is 1.86. The van der Waals surface area contributed by atoms with E-state index in [2.05, 4.69) is 19.2 Å². The Kier molecular flexibility index (Phi) is 5.78. The summed E-state index contributed by atoms with van der Waals surface area (Å²) in [6.07, 6.45) is 2.38. The third-order valence-corrected chi connectivity index (χ3v) is 3.74. The fourth-order valence-corrected chi connectivity index (χ4v) is 2.47. The van der Waals surface area contributed by atoms with E-state index < -0.39 is 10.0 Å². The van der Waals surface area contributed by atoms with Crippen molar-refractivity contribution in [2.45, 2.75) is 38.1 Å². The fraction of sp³-hybridized carbons (Fsp3) is 0.538. The second kappa shape index (κ2) is 6.87. The molecule has 5 heteroatoms. The van der Waals surface area contributed by atoms with Crippen molar-refractivity contribution in [1.82, 2.24) is 5.32 Å². The van der Waals surface area contributed by atoms with Crippen molar-refractivity contribution in [1.29, 1.82) is 0 Å². The van der Waals surface area contributed by atoms with E-state index in [0.29, 0.717) is 12.5 Å². The van der Waals surface area contributed by atoms with Crippen molar-refractivity contribution >= 4 is 10.0 Å². The number of benzene rings is 1. The highest BCUT2D eigenvalue weighted by Crippen LogP contribution is 2.10. The third-order valence-electron chi connectivity index (χ3n) is 2.83. The maximum atomic E-state index is 11.2. The van der Waals surface area contributed by atoms with Crippen molar-refractivity contribution in [3.05, 3.63) is 29.8 Å². The maximum absolute atomic E-state index is 11.2. The fourth-order valence-electron chi connectivity index (χ4n) is 1.89. The first-order valence-corrected chi connectivity index (χ1v) is 7.80. The summed E-state index contributed by atoms with van der Waals surface area (Å²) in [4.78, 5) is 0.170. The van der Waals surface area contributed by atoms with Gasteiger partial charge in [-0.3, -0.25) is 0 Å². The molecule has 0 aliphatic rings. The van der Waals surface area contributed by atoms with Crippen LogP contribution in [0.3, 0.4) is 0 Å². The van der Waals surface area contributed by atoms with E-state index in [4.69, 9.17) is 5.14 Å². The zero-order chi connectivity index (χ0) is 13.6. The average molecular weight is 270 g/mol. The second-order valence-corrected chi connectivity index (χ2v) is 6.28. The predicted molar refractivity (Wildman–Crippen MR) is 73.6 cm³/mol. The van der Waals surface area contributed by atoms with Gasteiger partial charge in [0.2, 0.25) is 10.0 Å². The first-order valence-electron chi connectivity index (χ1n) is 6.26. The molecule has 1 aromatic carbocycles. The standard InChI is InChI=1S/C13H22N2O2S/c1-3-5-11(2)9-15-10-12-6-4-7-13(8-12)18(14,16)17/h4,6-8,11,15H,3,5,9-10H2,1-2H3,(H2,14,16,17). The smallest absolute Gasteiger partial charge is 0.238 e. The highest BCUT2D eigenvalue weighted by molar-refractivity contribution is 7.89. The molecule has 0 heterocycles. The number of hydrogen-bond donors (Lipinski definition) is 2. The van der Waals surface area contributed by atoms with Crippen LogP contribution < -0.4 is 10.5 Å². The maximum Gasteiger partial charge on any atom is 0.238 e. The molecule has 0 saturated heterocycles. The van der Waals surface area contributed by atoms with Crippen molar-refractivity contribution in [2.24, 2.45) is 11.1 Å². The van der Waals surface area contributed by atoms with Gasteiger partial charge in [-0.05, 0) is 36.6 Å². The first-order chi connectivity index (χ1) is 8.43. The Morgan fingerprint density at radius 2 is 2.11 bits per heavy atom. The number of hydrogen-bond acceptors (Lipinski definition) is 3. The van der Waals surface area contributed by atoms with Crippen molar-refractivity contribution in [3.8, 4) is 0 Å². The Morgan fingerprint density at radius 1 is 1.39 bits per heavy atom. The lowest BCUT2D eigenvalue weighted by molar-refractivity contribution is 0.475. The minimum absolute atomic E-state index is 0.170. The van der Waals surface area contributed by atoms with E-state index in [0.717, 1.165) is 12.1 Å². The topological polar surface area (TPSA) is 72.2 Å². The number of sulfonamides is 1. The number of nitrogens with one attached hydrogen (secondary N) is 1. The molecule has 0 aromatic heterocycles. The zero-order valence-corrected chi connectivity index (χ0v) is 11.8. The van der Waals surface area contributed by atoms with Gasteiger partial charge in [-0.1, -0.05) is 32.4 Å². The van der Waals surface area contributed by atoms with Crippen LogP contribution in [0.2, 0.25) is 0 Å². The minimum Gasteiger partial charge on any atom is -0.312 e. The molecule has 3 N–H and O–H groups in total. The molecule has 0 saturated carbocycles. The Balaban J connectivity index is 2.53. The second-order valence-electron chi connectivity index (χ2n) is 4.72. The van der Waals surface area contributed by atoms with Gasteiger partial charge in [-0.25, -0.2) is 13.6 Å². The van der Waals surface area contributed by atoms with Crippen LogP contribution >= 0.6 is 0 Å². The summed E-state index contributed by atoms with van der Waals surface area (Å²) in [7, 11) is -3.60. The molecule has 1 atom stereocenters. The monoisotopic (exact) mass is 270 g/mol. The highest BCUT2D eigenvalue weighted by atomic mass is 32.2. The number of nitrogens with two attached hydrogens (primary N) is 1. The van der Waals surface area contributed by atoms with E-state index in [1.165, 1.54) is 18.9 Å². The molecule has 0 aliphatic heterocycles. The van der Waals surface area contributed by atoms with Gasteiger partial charge in [0.25, 0.3) is 0 Å². The van der Waals surface area contributed by atoms with Crippen LogP contribution in [0.15, 0.2) is 29.2 Å². The molecule has 0 amide bonds. The molecule has 0 aliphatic carbocycles. The van der Waals surface area contributed by atoms with Gasteiger partial charge < -0.3 is 5.32 Å². The molecule has 0 spiro atoms. The molecule has 0 radical (unpaired) electrons. The Bertz CT molecular complexity index is 472. The summed E-state index contributed by atoms with van der Waals surface area (Å²) in [6.45, 7) is 5.98. The molecule has 1 unspecified atom stereocenters. The normalized spacial score (nSPS) is 13.5. The SMILES string of the molecule is CCCC(C)CNCc1cccc(S(N)(=O)=O)c1. The zero-order valence-electron chi connectivity index (χ0n) is 11.0. The molecule has 0 bridgehead atoms. The van der Waals surface area contributed by atoms with Crippen molar-refractivity contribution in [2.75, 3.05) is 6.54 Å². The van der Waals surface area contributed by atoms with E-state index in [1.807, 2.05) is 6.07 Å². The van der Waals surface area contributed by atoms with E-state index in [-0.39, 0.29) is 4.90 Å². The van der Waals surface area contributed by atoms with Crippen molar-refractivity contribution < 1.29 is 8.42 Å². The summed E-state index contributed by atoms with van der Waals surface area (Å²) in [6, 6.07) is 6.74. The lowest BCUT2D eigenvalue weighted by atomic mass is 10.1. The lowest BCUT2D eigenvalue weighted by Crippen LogP contribution is -2.21. The average Bonchev–Trinajstić information content (AvgIpc) is 2.29. The van der Waals surface area contributed by atoms with Gasteiger partial charge in [0.1, 0.15) is 0 Å². The van der Waals surface area contributed by atoms with Crippen LogP contribution in [0.5, 0.6) is 0 Å². The summed E-state index contributed by atoms with van der Waals surface area (Å²) in [5, 5.41) is 8.42. The Morgan fingerprint density at radius 3 is 2.72 bits per heavy atom. The van der Waals surface area contributed by atoms with Gasteiger partial charge in [-0.2, -0.15) is 0 Å². The molecular formula is C13H22N2O2S. The van der Waals surface area contributed by atoms with Crippen LogP contribution in [0.25, 0.3) is 0 Å². The number of primary sulfonamides is 1. The highest BCUT2D eigenvalue weighted by Gasteiger charge is 2.07. The van der Waals surface area contributed by atoms with E-state index >= 15 is 0 Å². The summed E-state index contributed by atoms with van der Waals surface area (Å²) in [5.41, 5.74) is 0.935. The van der Waals surface area contributed by atoms with E-state index in [1.54, 1.807) is 12.1 Å². The van der Waals surface area contributed by atoms with Gasteiger partial charge in [0.05, 0.1) is 4.90 Å². The molecular weight excluding hydrogens is 248 g/mol. The largest absolute Gasteiger partial charge is 0.312 e. The van der Waals surface area contributed by atoms with Crippen LogP contribution in [0.4, 0.5) is 0 Å². The molecule has 1 aromatic rings. The molecule has 1 rings (SSSR count). The van der Waals surface area contributed by atoms with Crippen molar-refractivity contribution in [3.63, 3.8) is 0 Å². The molecule has 18 heavy (non-hydrogen) atoms. The summed E-state index contributed by atoms with van der Waals surface area (Å²) < 4.78 is 22.4. The summed E-state index contributed by atoms with van der Waals surface area (Å²) in [5.74, 6) is 0.636. The van der Waals surface area contributed by atoms with Crippen LogP contribution in [0.1, 0.15) is 32.3 Å². The van der Waals surface area contributed by atoms with E-state index in [9.17, 15) is 8.42 Å². The summed E-state index contributed by atoms with van der Waals surface area (Å²) >= 11 is 0. The quantitative estimate of drug-likeness (QED) is 0.794. The minimum atomic E-state index is -3.60. The molecule has 102 valence electrons. The van der Waals surface area contributed by atoms with Crippen LogP contribution in [-0.2, 0) is 16.6 Å². The van der Waals surface area contributed by atoms with Gasteiger partial charge in [0.15, 0.2) is 0 Å². The Labute approximate surface area is 110 Å². The van der Waals surface area contributed by atoms with Gasteiger partial charge >= 0.3 is 0 Å². The number of rotatable bonds is 7. The molecule has 4 nitrogen and oxygen atoms in total. The van der Waals surface area contributed by atoms with Gasteiger partial charge in [-0.15, -0.1) is 0 Å². The third kappa shape index (κ3) is 5.16. The van der Waals surface area contributed by atoms with Crippen LogP contribution in [0, 0.1) is 5.92 Å². The molecule has 0 fully saturated rings. The first kappa shape index (κ1) is 15.1. The van der Waals surface area contributed by atoms with Crippen LogP contribution in [-0.4, -0.2) is 15.0 Å². The lowest BCUT2D eigenvalue weighted by Gasteiger charge is -2.11. The van der Waals surface area contributed by atoms with Gasteiger partial charge in [0, 0.05) is 6.54 Å².